The van der Waals surface area contributed by atoms with Gasteiger partial charge in [-0.2, -0.15) is 0 Å². The second-order valence-electron chi connectivity index (χ2n) is 3.58. The van der Waals surface area contributed by atoms with Crippen molar-refractivity contribution >= 4 is 12.0 Å². The highest BCUT2D eigenvalue weighted by Crippen LogP contribution is 1.95. The van der Waals surface area contributed by atoms with Gasteiger partial charge in [-0.15, -0.1) is 0 Å². The molecule has 0 aliphatic heterocycles. The molecule has 0 rings (SSSR count). The Balaban J connectivity index is 3.39. The van der Waals surface area contributed by atoms with E-state index in [0.717, 1.165) is 12.8 Å². The number of likely N-dealkylation sites (N-methyl/N-ethyl adjacent to an activating group) is 1. The van der Waals surface area contributed by atoms with Gasteiger partial charge in [-0.1, -0.05) is 31.9 Å². The van der Waals surface area contributed by atoms with Gasteiger partial charge in [0.2, 0.25) is 0 Å². The zero-order valence-electron chi connectivity index (χ0n) is 10.6. The maximum Gasteiger partial charge on any atom is 0.407 e. The van der Waals surface area contributed by atoms with Gasteiger partial charge >= 0.3 is 6.09 Å². The number of hydrogen-bond donors (Lipinski definition) is 2. The molecule has 0 saturated carbocycles. The van der Waals surface area contributed by atoms with E-state index in [-0.39, 0.29) is 12.5 Å². The lowest BCUT2D eigenvalue weighted by Crippen LogP contribution is -2.30. The van der Waals surface area contributed by atoms with E-state index in [4.69, 9.17) is 0 Å². The summed E-state index contributed by atoms with van der Waals surface area (Å²) >= 11 is 0. The predicted molar refractivity (Wildman–Crippen MR) is 66.7 cm³/mol. The van der Waals surface area contributed by atoms with Crippen LogP contribution in [0.1, 0.15) is 32.6 Å². The van der Waals surface area contributed by atoms with Crippen molar-refractivity contribution in [1.82, 2.24) is 10.6 Å². The van der Waals surface area contributed by atoms with Gasteiger partial charge in [0.05, 0.1) is 0 Å². The van der Waals surface area contributed by atoms with Crippen LogP contribution >= 0.6 is 0 Å². The summed E-state index contributed by atoms with van der Waals surface area (Å²) in [5.41, 5.74) is 0. The van der Waals surface area contributed by atoms with Crippen LogP contribution in [0.4, 0.5) is 4.79 Å². The van der Waals surface area contributed by atoms with Crippen LogP contribution in [0.5, 0.6) is 0 Å². The van der Waals surface area contributed by atoms with Crippen molar-refractivity contribution < 1.29 is 14.3 Å². The average Bonchev–Trinajstić information content (AvgIpc) is 2.34. The maximum absolute atomic E-state index is 11.1. The smallest absolute Gasteiger partial charge is 0.407 e. The standard InChI is InChI=1S/C12H22N2O3/c1-3-4-5-6-7-8-9-14-12(16)17-10-11(15)13-2/h6-7H,3-5,8-10H2,1-2H3,(H,13,15)(H,14,16)/b7-6-. The van der Waals surface area contributed by atoms with Gasteiger partial charge in [0.1, 0.15) is 0 Å². The Labute approximate surface area is 103 Å². The average molecular weight is 242 g/mol. The van der Waals surface area contributed by atoms with E-state index in [1.165, 1.54) is 19.9 Å². The summed E-state index contributed by atoms with van der Waals surface area (Å²) in [5.74, 6) is -0.320. The van der Waals surface area contributed by atoms with Crippen LogP contribution < -0.4 is 10.6 Å². The zero-order chi connectivity index (χ0) is 12.9. The van der Waals surface area contributed by atoms with E-state index >= 15 is 0 Å². The molecule has 0 aliphatic carbocycles. The zero-order valence-corrected chi connectivity index (χ0v) is 10.6. The molecule has 0 bridgehead atoms. The lowest BCUT2D eigenvalue weighted by Gasteiger charge is -2.04. The summed E-state index contributed by atoms with van der Waals surface area (Å²) in [6, 6.07) is 0. The Hall–Kier alpha value is -1.52. The third-order valence-corrected chi connectivity index (χ3v) is 2.08. The second-order valence-corrected chi connectivity index (χ2v) is 3.58. The Bertz CT molecular complexity index is 252. The summed E-state index contributed by atoms with van der Waals surface area (Å²) in [7, 11) is 1.49. The molecule has 2 amide bonds. The molecular weight excluding hydrogens is 220 g/mol. The Kier molecular flexibility index (Phi) is 10.00. The number of carbonyl (C=O) groups is 2. The summed E-state index contributed by atoms with van der Waals surface area (Å²) in [4.78, 5) is 21.8. The second kappa shape index (κ2) is 11.0. The Morgan fingerprint density at radius 2 is 1.94 bits per heavy atom. The molecule has 0 fully saturated rings. The van der Waals surface area contributed by atoms with Crippen molar-refractivity contribution in [3.8, 4) is 0 Å². The van der Waals surface area contributed by atoms with Crippen LogP contribution in [0.2, 0.25) is 0 Å². The van der Waals surface area contributed by atoms with Gasteiger partial charge in [0.15, 0.2) is 6.61 Å². The molecule has 0 unspecified atom stereocenters. The SMILES string of the molecule is CCCC/C=C\CCNC(=O)OCC(=O)NC. The van der Waals surface area contributed by atoms with E-state index in [0.29, 0.717) is 6.54 Å². The number of alkyl carbamates (subject to hydrolysis) is 1. The van der Waals surface area contributed by atoms with Gasteiger partial charge in [0.25, 0.3) is 5.91 Å². The highest BCUT2D eigenvalue weighted by molar-refractivity contribution is 5.79. The van der Waals surface area contributed by atoms with Gasteiger partial charge in [0, 0.05) is 13.6 Å². The minimum Gasteiger partial charge on any atom is -0.439 e. The van der Waals surface area contributed by atoms with Crippen LogP contribution in [0, 0.1) is 0 Å². The quantitative estimate of drug-likeness (QED) is 0.502. The highest BCUT2D eigenvalue weighted by Gasteiger charge is 2.03. The molecule has 0 spiro atoms. The summed E-state index contributed by atoms with van der Waals surface area (Å²) in [6.07, 6.45) is 7.83. The fourth-order valence-corrected chi connectivity index (χ4v) is 1.07. The third-order valence-electron chi connectivity index (χ3n) is 2.08. The summed E-state index contributed by atoms with van der Waals surface area (Å²) in [5, 5.41) is 4.92. The van der Waals surface area contributed by atoms with E-state index in [1.807, 2.05) is 6.08 Å². The molecule has 5 nitrogen and oxygen atoms in total. The molecule has 0 atom stereocenters. The minimum absolute atomic E-state index is 0.241. The van der Waals surface area contributed by atoms with Crippen LogP contribution in [0.25, 0.3) is 0 Å². The Morgan fingerprint density at radius 3 is 2.59 bits per heavy atom. The first-order valence-electron chi connectivity index (χ1n) is 5.97. The maximum atomic E-state index is 11.1. The molecule has 98 valence electrons. The molecule has 0 saturated heterocycles. The Morgan fingerprint density at radius 1 is 1.24 bits per heavy atom. The molecule has 0 radical (unpaired) electrons. The van der Waals surface area contributed by atoms with E-state index in [9.17, 15) is 9.59 Å². The van der Waals surface area contributed by atoms with Crippen LogP contribution in [-0.4, -0.2) is 32.2 Å². The van der Waals surface area contributed by atoms with Gasteiger partial charge < -0.3 is 15.4 Å². The molecule has 5 heteroatoms. The molecule has 2 N–H and O–H groups in total. The van der Waals surface area contributed by atoms with Crippen molar-refractivity contribution in [1.29, 1.82) is 0 Å². The number of rotatable bonds is 8. The topological polar surface area (TPSA) is 67.4 Å². The van der Waals surface area contributed by atoms with Crippen LogP contribution in [0.15, 0.2) is 12.2 Å². The fourth-order valence-electron chi connectivity index (χ4n) is 1.07. The number of hydrogen-bond acceptors (Lipinski definition) is 3. The first-order chi connectivity index (χ1) is 8.20. The lowest BCUT2D eigenvalue weighted by atomic mass is 10.2. The predicted octanol–water partition coefficient (Wildman–Crippen LogP) is 1.60. The van der Waals surface area contributed by atoms with Crippen molar-refractivity contribution in [2.45, 2.75) is 32.6 Å². The molecule has 17 heavy (non-hydrogen) atoms. The monoisotopic (exact) mass is 242 g/mol. The minimum atomic E-state index is -0.560. The highest BCUT2D eigenvalue weighted by atomic mass is 16.6. The molecule has 0 aromatic rings. The van der Waals surface area contributed by atoms with Crippen molar-refractivity contribution in [3.05, 3.63) is 12.2 Å². The third kappa shape index (κ3) is 10.8. The number of nitrogens with one attached hydrogen (secondary N) is 2. The number of ether oxygens (including phenoxy) is 1. The van der Waals surface area contributed by atoms with Crippen molar-refractivity contribution in [3.63, 3.8) is 0 Å². The van der Waals surface area contributed by atoms with Gasteiger partial charge in [-0.05, 0) is 12.8 Å². The lowest BCUT2D eigenvalue weighted by molar-refractivity contribution is -0.123. The molecular formula is C12H22N2O3. The van der Waals surface area contributed by atoms with Gasteiger partial charge in [-0.3, -0.25) is 4.79 Å². The van der Waals surface area contributed by atoms with Crippen molar-refractivity contribution in [2.24, 2.45) is 0 Å². The first-order valence-corrected chi connectivity index (χ1v) is 5.97. The fraction of sp³-hybridized carbons (Fsp3) is 0.667. The van der Waals surface area contributed by atoms with Crippen LogP contribution in [-0.2, 0) is 9.53 Å². The number of amides is 2. The normalized spacial score (nSPS) is 10.2. The molecule has 0 aromatic heterocycles. The van der Waals surface area contributed by atoms with E-state index in [1.54, 1.807) is 0 Å². The number of carbonyl (C=O) groups excluding carboxylic acids is 2. The largest absolute Gasteiger partial charge is 0.439 e. The first kappa shape index (κ1) is 15.5. The summed E-state index contributed by atoms with van der Waals surface area (Å²) in [6.45, 7) is 2.43. The van der Waals surface area contributed by atoms with Crippen molar-refractivity contribution in [2.75, 3.05) is 20.2 Å². The molecule has 0 heterocycles. The van der Waals surface area contributed by atoms with E-state index in [2.05, 4.69) is 28.4 Å². The summed E-state index contributed by atoms with van der Waals surface area (Å²) < 4.78 is 4.65. The van der Waals surface area contributed by atoms with Crippen LogP contribution in [0.3, 0.4) is 0 Å². The number of allylic oxidation sites excluding steroid dienone is 1. The van der Waals surface area contributed by atoms with E-state index < -0.39 is 6.09 Å². The molecule has 0 aromatic carbocycles. The molecule has 0 aliphatic rings. The van der Waals surface area contributed by atoms with Gasteiger partial charge in [-0.25, -0.2) is 4.79 Å². The number of unbranched alkanes of at least 4 members (excludes halogenated alkanes) is 2.